The highest BCUT2D eigenvalue weighted by Crippen LogP contribution is 2.27. The van der Waals surface area contributed by atoms with E-state index in [0.29, 0.717) is 0 Å². The first-order valence-electron chi connectivity index (χ1n) is 5.09. The highest BCUT2D eigenvalue weighted by atomic mass is 35.5. The number of nitrogens with zero attached hydrogens (tertiary/aromatic N) is 1. The van der Waals surface area contributed by atoms with Crippen molar-refractivity contribution in [1.82, 2.24) is 4.98 Å². The lowest BCUT2D eigenvalue weighted by molar-refractivity contribution is 0.0693. The average Bonchev–Trinajstić information content (AvgIpc) is 2.36. The molecule has 0 spiro atoms. The normalized spacial score (nSPS) is 10.2. The molecule has 98 valence electrons. The molecule has 0 saturated heterocycles. The number of ether oxygens (including phenoxy) is 1. The molecule has 2 rings (SSSR count). The van der Waals surface area contributed by atoms with Crippen LogP contribution in [0.25, 0.3) is 0 Å². The standard InChI is InChI=1S/C12H8ClFN2O3/c13-9-4-7(1-2-10(9)14)19-11-8(12(17)18)3-6(15)5-16-11/h1-5H,15H2,(H,17,18). The number of hydrogen-bond acceptors (Lipinski definition) is 4. The summed E-state index contributed by atoms with van der Waals surface area (Å²) in [6.45, 7) is 0. The number of carboxylic acid groups (broad SMARTS) is 1. The molecule has 0 unspecified atom stereocenters. The molecule has 1 heterocycles. The minimum atomic E-state index is -1.23. The number of pyridine rings is 1. The van der Waals surface area contributed by atoms with Gasteiger partial charge in [-0.3, -0.25) is 0 Å². The summed E-state index contributed by atoms with van der Waals surface area (Å²) >= 11 is 5.60. The molecule has 1 aromatic heterocycles. The van der Waals surface area contributed by atoms with Crippen molar-refractivity contribution in [2.75, 3.05) is 5.73 Å². The van der Waals surface area contributed by atoms with E-state index in [9.17, 15) is 9.18 Å². The smallest absolute Gasteiger partial charge is 0.341 e. The molecule has 19 heavy (non-hydrogen) atoms. The Morgan fingerprint density at radius 3 is 2.79 bits per heavy atom. The van der Waals surface area contributed by atoms with Gasteiger partial charge in [0.15, 0.2) is 0 Å². The Morgan fingerprint density at radius 1 is 1.42 bits per heavy atom. The topological polar surface area (TPSA) is 85.4 Å². The van der Waals surface area contributed by atoms with E-state index in [4.69, 9.17) is 27.2 Å². The van der Waals surface area contributed by atoms with E-state index < -0.39 is 11.8 Å². The monoisotopic (exact) mass is 282 g/mol. The second-order valence-electron chi connectivity index (χ2n) is 3.60. The van der Waals surface area contributed by atoms with Crippen LogP contribution in [0.4, 0.5) is 10.1 Å². The lowest BCUT2D eigenvalue weighted by Gasteiger charge is -2.08. The molecule has 0 saturated carbocycles. The van der Waals surface area contributed by atoms with Gasteiger partial charge in [0.1, 0.15) is 17.1 Å². The van der Waals surface area contributed by atoms with Crippen molar-refractivity contribution in [3.63, 3.8) is 0 Å². The number of benzene rings is 1. The Bertz CT molecular complexity index is 649. The van der Waals surface area contributed by atoms with Gasteiger partial charge in [0.2, 0.25) is 5.88 Å². The molecule has 0 fully saturated rings. The zero-order valence-electron chi connectivity index (χ0n) is 9.43. The maximum atomic E-state index is 13.0. The van der Waals surface area contributed by atoms with Gasteiger partial charge in [-0.25, -0.2) is 14.2 Å². The number of hydrogen-bond donors (Lipinski definition) is 2. The number of carbonyl (C=O) groups is 1. The fourth-order valence-electron chi connectivity index (χ4n) is 1.35. The molecule has 0 radical (unpaired) electrons. The molecule has 2 aromatic rings. The second-order valence-corrected chi connectivity index (χ2v) is 4.01. The largest absolute Gasteiger partial charge is 0.477 e. The van der Waals surface area contributed by atoms with Crippen molar-refractivity contribution in [2.24, 2.45) is 0 Å². The van der Waals surface area contributed by atoms with Crippen LogP contribution in [0.1, 0.15) is 10.4 Å². The van der Waals surface area contributed by atoms with Crippen molar-refractivity contribution in [3.8, 4) is 11.6 Å². The minimum Gasteiger partial charge on any atom is -0.477 e. The van der Waals surface area contributed by atoms with Crippen molar-refractivity contribution in [1.29, 1.82) is 0 Å². The summed E-state index contributed by atoms with van der Waals surface area (Å²) in [5.41, 5.74) is 5.45. The maximum absolute atomic E-state index is 13.0. The summed E-state index contributed by atoms with van der Waals surface area (Å²) in [7, 11) is 0. The third kappa shape index (κ3) is 2.92. The van der Waals surface area contributed by atoms with Crippen molar-refractivity contribution in [2.45, 2.75) is 0 Å². The Labute approximate surface area is 112 Å². The minimum absolute atomic E-state index is 0.134. The van der Waals surface area contributed by atoms with Gasteiger partial charge >= 0.3 is 5.97 Å². The zero-order valence-corrected chi connectivity index (χ0v) is 10.2. The van der Waals surface area contributed by atoms with E-state index in [1.165, 1.54) is 24.4 Å². The van der Waals surface area contributed by atoms with Gasteiger partial charge in [0.05, 0.1) is 16.9 Å². The third-order valence-corrected chi connectivity index (χ3v) is 2.50. The summed E-state index contributed by atoms with van der Waals surface area (Å²) in [5.74, 6) is -1.81. The summed E-state index contributed by atoms with van der Waals surface area (Å²) in [6.07, 6.45) is 1.26. The van der Waals surface area contributed by atoms with Crippen LogP contribution in [0.15, 0.2) is 30.5 Å². The highest BCUT2D eigenvalue weighted by molar-refractivity contribution is 6.30. The molecule has 0 amide bonds. The van der Waals surface area contributed by atoms with Crippen LogP contribution < -0.4 is 10.5 Å². The summed E-state index contributed by atoms with van der Waals surface area (Å²) < 4.78 is 18.2. The SMILES string of the molecule is Nc1cnc(Oc2ccc(F)c(Cl)c2)c(C(=O)O)c1. The van der Waals surface area contributed by atoms with E-state index in [-0.39, 0.29) is 27.9 Å². The molecule has 0 aliphatic carbocycles. The van der Waals surface area contributed by atoms with Crippen molar-refractivity contribution < 1.29 is 19.0 Å². The summed E-state index contributed by atoms with van der Waals surface area (Å²) in [5, 5.41) is 8.87. The van der Waals surface area contributed by atoms with Gasteiger partial charge in [0.25, 0.3) is 0 Å². The van der Waals surface area contributed by atoms with E-state index in [2.05, 4.69) is 4.98 Å². The predicted octanol–water partition coefficient (Wildman–Crippen LogP) is 2.95. The first-order chi connectivity index (χ1) is 8.97. The number of nitrogen functional groups attached to an aromatic ring is 1. The number of nitrogens with two attached hydrogens (primary N) is 1. The molecule has 0 aliphatic heterocycles. The first kappa shape index (κ1) is 13.1. The Hall–Kier alpha value is -2.34. The van der Waals surface area contributed by atoms with E-state index in [1.807, 2.05) is 0 Å². The van der Waals surface area contributed by atoms with Gasteiger partial charge in [-0.1, -0.05) is 11.6 Å². The highest BCUT2D eigenvalue weighted by Gasteiger charge is 2.14. The van der Waals surface area contributed by atoms with Crippen molar-refractivity contribution >= 4 is 23.3 Å². The van der Waals surface area contributed by atoms with Crippen LogP contribution in [-0.4, -0.2) is 16.1 Å². The lowest BCUT2D eigenvalue weighted by atomic mass is 10.2. The number of carboxylic acids is 1. The fourth-order valence-corrected chi connectivity index (χ4v) is 1.53. The second kappa shape index (κ2) is 5.11. The van der Waals surface area contributed by atoms with E-state index in [0.717, 1.165) is 6.07 Å². The Morgan fingerprint density at radius 2 is 2.16 bits per heavy atom. The van der Waals surface area contributed by atoms with Crippen LogP contribution in [0.5, 0.6) is 11.6 Å². The molecule has 1 aromatic carbocycles. The van der Waals surface area contributed by atoms with Gasteiger partial charge in [0, 0.05) is 6.07 Å². The third-order valence-electron chi connectivity index (χ3n) is 2.21. The van der Waals surface area contributed by atoms with Crippen LogP contribution in [-0.2, 0) is 0 Å². The molecule has 0 atom stereocenters. The van der Waals surface area contributed by atoms with Crippen molar-refractivity contribution in [3.05, 3.63) is 46.9 Å². The van der Waals surface area contributed by atoms with Crippen LogP contribution in [0.3, 0.4) is 0 Å². The van der Waals surface area contributed by atoms with Gasteiger partial charge in [-0.2, -0.15) is 0 Å². The van der Waals surface area contributed by atoms with E-state index >= 15 is 0 Å². The van der Waals surface area contributed by atoms with Crippen LogP contribution in [0.2, 0.25) is 5.02 Å². The van der Waals surface area contributed by atoms with Gasteiger partial charge < -0.3 is 15.6 Å². The number of anilines is 1. The number of halogens is 2. The first-order valence-corrected chi connectivity index (χ1v) is 5.47. The molecular weight excluding hydrogens is 275 g/mol. The Balaban J connectivity index is 2.37. The molecule has 0 aliphatic rings. The summed E-state index contributed by atoms with van der Waals surface area (Å²) in [4.78, 5) is 14.8. The zero-order chi connectivity index (χ0) is 14.0. The Kier molecular flexibility index (Phi) is 3.52. The van der Waals surface area contributed by atoms with E-state index in [1.54, 1.807) is 0 Å². The van der Waals surface area contributed by atoms with Gasteiger partial charge in [-0.15, -0.1) is 0 Å². The molecule has 7 heteroatoms. The molecule has 3 N–H and O–H groups in total. The molecule has 0 bridgehead atoms. The predicted molar refractivity (Wildman–Crippen MR) is 67.1 cm³/mol. The molecule has 5 nitrogen and oxygen atoms in total. The quantitative estimate of drug-likeness (QED) is 0.904. The maximum Gasteiger partial charge on any atom is 0.341 e. The number of aromatic carboxylic acids is 1. The number of rotatable bonds is 3. The van der Waals surface area contributed by atoms with Crippen LogP contribution >= 0.6 is 11.6 Å². The van der Waals surface area contributed by atoms with Gasteiger partial charge in [-0.05, 0) is 18.2 Å². The fraction of sp³-hybridized carbons (Fsp3) is 0. The van der Waals surface area contributed by atoms with Crippen LogP contribution in [0, 0.1) is 5.82 Å². The number of aromatic nitrogens is 1. The lowest BCUT2D eigenvalue weighted by Crippen LogP contribution is -2.03. The average molecular weight is 283 g/mol. The summed E-state index contributed by atoms with van der Waals surface area (Å²) in [6, 6.07) is 4.86. The molecular formula is C12H8ClFN2O3.